The van der Waals surface area contributed by atoms with Gasteiger partial charge in [-0.05, 0) is 37.3 Å². The van der Waals surface area contributed by atoms with Crippen molar-refractivity contribution in [2.45, 2.75) is 50.6 Å². The molecular formula is C18H28N6O. The number of anilines is 1. The van der Waals surface area contributed by atoms with Gasteiger partial charge in [0.25, 0.3) is 0 Å². The first-order valence-corrected chi connectivity index (χ1v) is 9.63. The lowest BCUT2D eigenvalue weighted by atomic mass is 9.81. The Balaban J connectivity index is 1.32. The van der Waals surface area contributed by atoms with Gasteiger partial charge in [0.2, 0.25) is 5.91 Å². The molecule has 4 rings (SSSR count). The molecule has 2 N–H and O–H groups in total. The van der Waals surface area contributed by atoms with E-state index >= 15 is 0 Å². The van der Waals surface area contributed by atoms with Gasteiger partial charge in [0, 0.05) is 50.9 Å². The SMILES string of the molecule is O=C(CC1NNC2CCCCC21)N1CCCN(c2cccnn2)CC1. The van der Waals surface area contributed by atoms with Gasteiger partial charge in [0.1, 0.15) is 0 Å². The Labute approximate surface area is 149 Å². The van der Waals surface area contributed by atoms with E-state index in [-0.39, 0.29) is 11.9 Å². The van der Waals surface area contributed by atoms with E-state index in [0.29, 0.717) is 18.4 Å². The maximum Gasteiger partial charge on any atom is 0.224 e. The monoisotopic (exact) mass is 344 g/mol. The van der Waals surface area contributed by atoms with Crippen LogP contribution in [0.5, 0.6) is 0 Å². The average Bonchev–Trinajstić information content (AvgIpc) is 2.90. The molecule has 3 heterocycles. The highest BCUT2D eigenvalue weighted by Gasteiger charge is 2.38. The fraction of sp³-hybridized carbons (Fsp3) is 0.722. The summed E-state index contributed by atoms with van der Waals surface area (Å²) >= 11 is 0. The fourth-order valence-corrected chi connectivity index (χ4v) is 4.52. The van der Waals surface area contributed by atoms with Crippen molar-refractivity contribution in [3.05, 3.63) is 18.3 Å². The third-order valence-corrected chi connectivity index (χ3v) is 5.92. The number of nitrogens with zero attached hydrogens (tertiary/aromatic N) is 4. The highest BCUT2D eigenvalue weighted by atomic mass is 16.2. The Morgan fingerprint density at radius 1 is 1.12 bits per heavy atom. The summed E-state index contributed by atoms with van der Waals surface area (Å²) in [5.41, 5.74) is 6.81. The van der Waals surface area contributed by atoms with Crippen molar-refractivity contribution in [1.82, 2.24) is 25.9 Å². The number of rotatable bonds is 3. The number of hydrogen-bond donors (Lipinski definition) is 2. The molecule has 3 unspecified atom stereocenters. The van der Waals surface area contributed by atoms with E-state index < -0.39 is 0 Å². The first kappa shape index (κ1) is 16.7. The Bertz CT molecular complexity index is 582. The van der Waals surface area contributed by atoms with Crippen molar-refractivity contribution in [1.29, 1.82) is 0 Å². The van der Waals surface area contributed by atoms with Crippen molar-refractivity contribution in [2.75, 3.05) is 31.1 Å². The summed E-state index contributed by atoms with van der Waals surface area (Å²) in [7, 11) is 0. The second-order valence-corrected chi connectivity index (χ2v) is 7.46. The van der Waals surface area contributed by atoms with Crippen LogP contribution in [0.1, 0.15) is 38.5 Å². The minimum atomic E-state index is 0.284. The van der Waals surface area contributed by atoms with Gasteiger partial charge in [-0.3, -0.25) is 15.6 Å². The van der Waals surface area contributed by atoms with Crippen LogP contribution < -0.4 is 15.8 Å². The maximum absolute atomic E-state index is 12.8. The predicted octanol–water partition coefficient (Wildman–Crippen LogP) is 0.941. The van der Waals surface area contributed by atoms with Gasteiger partial charge in [-0.25, -0.2) is 0 Å². The number of nitrogens with one attached hydrogen (secondary N) is 2. The van der Waals surface area contributed by atoms with Crippen molar-refractivity contribution in [2.24, 2.45) is 5.92 Å². The second kappa shape index (κ2) is 7.66. The fourth-order valence-electron chi connectivity index (χ4n) is 4.52. The largest absolute Gasteiger partial charge is 0.353 e. The molecule has 3 aliphatic rings. The molecule has 136 valence electrons. The van der Waals surface area contributed by atoms with Gasteiger partial charge in [-0.15, -0.1) is 5.10 Å². The molecule has 2 aliphatic heterocycles. The molecule has 1 aromatic rings. The molecule has 0 aromatic carbocycles. The topological polar surface area (TPSA) is 73.4 Å². The van der Waals surface area contributed by atoms with Gasteiger partial charge in [-0.1, -0.05) is 12.8 Å². The third-order valence-electron chi connectivity index (χ3n) is 5.92. The van der Waals surface area contributed by atoms with Gasteiger partial charge < -0.3 is 9.80 Å². The summed E-state index contributed by atoms with van der Waals surface area (Å²) in [6.07, 6.45) is 8.36. The predicted molar refractivity (Wildman–Crippen MR) is 95.9 cm³/mol. The van der Waals surface area contributed by atoms with Crippen molar-refractivity contribution < 1.29 is 4.79 Å². The van der Waals surface area contributed by atoms with Crippen LogP contribution in [0.4, 0.5) is 5.82 Å². The molecule has 25 heavy (non-hydrogen) atoms. The van der Waals surface area contributed by atoms with Crippen LogP contribution in [-0.2, 0) is 4.79 Å². The Morgan fingerprint density at radius 2 is 2.04 bits per heavy atom. The Morgan fingerprint density at radius 3 is 2.92 bits per heavy atom. The molecule has 1 amide bonds. The smallest absolute Gasteiger partial charge is 0.224 e. The number of amides is 1. The molecule has 1 aliphatic carbocycles. The van der Waals surface area contributed by atoms with E-state index in [1.165, 1.54) is 25.7 Å². The minimum Gasteiger partial charge on any atom is -0.353 e. The molecule has 7 nitrogen and oxygen atoms in total. The number of carbonyl (C=O) groups excluding carboxylic acids is 1. The molecule has 3 fully saturated rings. The number of hydrazine groups is 1. The normalized spacial score (nSPS) is 30.0. The standard InChI is InChI=1S/C18H28N6O/c25-18(13-16-14-5-1-2-6-15(14)20-21-16)24-10-4-9-23(11-12-24)17-7-3-8-19-22-17/h3,7-8,14-16,20-21H,1-2,4-6,9-13H2. The van der Waals surface area contributed by atoms with Crippen LogP contribution in [0.2, 0.25) is 0 Å². The lowest BCUT2D eigenvalue weighted by Gasteiger charge is -2.28. The van der Waals surface area contributed by atoms with Crippen LogP contribution in [-0.4, -0.2) is 59.3 Å². The number of carbonyl (C=O) groups is 1. The van der Waals surface area contributed by atoms with Crippen LogP contribution in [0.15, 0.2) is 18.3 Å². The van der Waals surface area contributed by atoms with E-state index in [4.69, 9.17) is 0 Å². The van der Waals surface area contributed by atoms with Gasteiger partial charge in [0.15, 0.2) is 5.82 Å². The lowest BCUT2D eigenvalue weighted by Crippen LogP contribution is -2.41. The molecule has 1 aromatic heterocycles. The summed E-state index contributed by atoms with van der Waals surface area (Å²) in [5, 5.41) is 8.16. The lowest BCUT2D eigenvalue weighted by molar-refractivity contribution is -0.131. The van der Waals surface area contributed by atoms with E-state index in [0.717, 1.165) is 38.4 Å². The average molecular weight is 344 g/mol. The number of fused-ring (bicyclic) bond motifs is 1. The molecule has 3 atom stereocenters. The maximum atomic E-state index is 12.8. The zero-order valence-corrected chi connectivity index (χ0v) is 14.7. The van der Waals surface area contributed by atoms with E-state index in [1.54, 1.807) is 6.20 Å². The van der Waals surface area contributed by atoms with Gasteiger partial charge >= 0.3 is 0 Å². The first-order valence-electron chi connectivity index (χ1n) is 9.63. The summed E-state index contributed by atoms with van der Waals surface area (Å²) in [6, 6.07) is 4.75. The summed E-state index contributed by atoms with van der Waals surface area (Å²) in [6.45, 7) is 3.36. The number of hydrogen-bond acceptors (Lipinski definition) is 6. The van der Waals surface area contributed by atoms with Crippen LogP contribution >= 0.6 is 0 Å². The second-order valence-electron chi connectivity index (χ2n) is 7.46. The molecule has 0 spiro atoms. The molecule has 0 radical (unpaired) electrons. The quantitative estimate of drug-likeness (QED) is 0.850. The molecule has 1 saturated carbocycles. The van der Waals surface area contributed by atoms with Gasteiger partial charge in [0.05, 0.1) is 0 Å². The van der Waals surface area contributed by atoms with Crippen molar-refractivity contribution in [3.63, 3.8) is 0 Å². The molecule has 2 saturated heterocycles. The summed E-state index contributed by atoms with van der Waals surface area (Å²) in [4.78, 5) is 17.1. The summed E-state index contributed by atoms with van der Waals surface area (Å²) < 4.78 is 0. The Kier molecular flexibility index (Phi) is 5.12. The molecule has 7 heteroatoms. The van der Waals surface area contributed by atoms with Crippen LogP contribution in [0.25, 0.3) is 0 Å². The Hall–Kier alpha value is -1.73. The zero-order valence-electron chi connectivity index (χ0n) is 14.7. The van der Waals surface area contributed by atoms with Crippen molar-refractivity contribution >= 4 is 11.7 Å². The highest BCUT2D eigenvalue weighted by Crippen LogP contribution is 2.31. The van der Waals surface area contributed by atoms with Crippen LogP contribution in [0.3, 0.4) is 0 Å². The number of aromatic nitrogens is 2. The first-order chi connectivity index (χ1) is 12.3. The highest BCUT2D eigenvalue weighted by molar-refractivity contribution is 5.77. The van der Waals surface area contributed by atoms with Crippen molar-refractivity contribution in [3.8, 4) is 0 Å². The summed E-state index contributed by atoms with van der Waals surface area (Å²) in [5.74, 6) is 1.80. The van der Waals surface area contributed by atoms with E-state index in [2.05, 4.69) is 25.9 Å². The zero-order chi connectivity index (χ0) is 17.1. The minimum absolute atomic E-state index is 0.284. The van der Waals surface area contributed by atoms with E-state index in [1.807, 2.05) is 17.0 Å². The molecule has 0 bridgehead atoms. The van der Waals surface area contributed by atoms with E-state index in [9.17, 15) is 4.79 Å². The van der Waals surface area contributed by atoms with Crippen LogP contribution in [0, 0.1) is 5.92 Å². The third kappa shape index (κ3) is 3.77. The van der Waals surface area contributed by atoms with Gasteiger partial charge in [-0.2, -0.15) is 5.10 Å². The molecular weight excluding hydrogens is 316 g/mol.